The lowest BCUT2D eigenvalue weighted by Crippen LogP contribution is -2.32. The SMILES string of the molecule is COc1ccc2ncn(C3CCC(N)CC3)c(=O)c2c1.Cl. The molecule has 0 spiro atoms. The molecule has 114 valence electrons. The van der Waals surface area contributed by atoms with Gasteiger partial charge in [-0.25, -0.2) is 4.98 Å². The van der Waals surface area contributed by atoms with Crippen LogP contribution in [0.4, 0.5) is 0 Å². The minimum Gasteiger partial charge on any atom is -0.497 e. The molecule has 2 N–H and O–H groups in total. The number of methoxy groups -OCH3 is 1. The molecule has 1 aliphatic carbocycles. The first-order valence-corrected chi connectivity index (χ1v) is 6.99. The fraction of sp³-hybridized carbons (Fsp3) is 0.467. The van der Waals surface area contributed by atoms with Gasteiger partial charge in [-0.3, -0.25) is 9.36 Å². The van der Waals surface area contributed by atoms with Crippen molar-refractivity contribution < 1.29 is 4.74 Å². The van der Waals surface area contributed by atoms with Crippen molar-refractivity contribution in [3.8, 4) is 5.75 Å². The van der Waals surface area contributed by atoms with Crippen LogP contribution >= 0.6 is 12.4 Å². The summed E-state index contributed by atoms with van der Waals surface area (Å²) in [5.41, 5.74) is 6.64. The van der Waals surface area contributed by atoms with Crippen molar-refractivity contribution in [3.63, 3.8) is 0 Å². The number of hydrogen-bond acceptors (Lipinski definition) is 4. The third-order valence-corrected chi connectivity index (χ3v) is 4.12. The summed E-state index contributed by atoms with van der Waals surface area (Å²) in [5, 5.41) is 0.613. The van der Waals surface area contributed by atoms with Gasteiger partial charge in [0.15, 0.2) is 0 Å². The van der Waals surface area contributed by atoms with Gasteiger partial charge in [0.25, 0.3) is 5.56 Å². The van der Waals surface area contributed by atoms with Gasteiger partial charge in [-0.2, -0.15) is 0 Å². The monoisotopic (exact) mass is 309 g/mol. The third-order valence-electron chi connectivity index (χ3n) is 4.12. The molecule has 0 bridgehead atoms. The average Bonchev–Trinajstić information content (AvgIpc) is 2.49. The van der Waals surface area contributed by atoms with Gasteiger partial charge in [0.05, 0.1) is 24.3 Å². The van der Waals surface area contributed by atoms with Gasteiger partial charge in [0.2, 0.25) is 0 Å². The molecule has 0 radical (unpaired) electrons. The first kappa shape index (κ1) is 15.8. The zero-order valence-electron chi connectivity index (χ0n) is 12.0. The molecule has 0 aliphatic heterocycles. The van der Waals surface area contributed by atoms with E-state index in [0.717, 1.165) is 25.7 Å². The quantitative estimate of drug-likeness (QED) is 0.924. The predicted molar refractivity (Wildman–Crippen MR) is 85.3 cm³/mol. The molecule has 1 fully saturated rings. The van der Waals surface area contributed by atoms with E-state index in [1.54, 1.807) is 24.1 Å². The molecule has 1 aromatic carbocycles. The molecule has 0 amide bonds. The van der Waals surface area contributed by atoms with E-state index in [1.165, 1.54) is 0 Å². The maximum absolute atomic E-state index is 12.6. The van der Waals surface area contributed by atoms with Crippen molar-refractivity contribution >= 4 is 23.3 Å². The Balaban J connectivity index is 0.00000161. The molecular formula is C15H20ClN3O2. The van der Waals surface area contributed by atoms with Crippen LogP contribution in [0.3, 0.4) is 0 Å². The molecule has 1 aliphatic rings. The molecule has 2 aromatic rings. The van der Waals surface area contributed by atoms with E-state index in [0.29, 0.717) is 16.7 Å². The average molecular weight is 310 g/mol. The summed E-state index contributed by atoms with van der Waals surface area (Å²) < 4.78 is 6.94. The van der Waals surface area contributed by atoms with Crippen molar-refractivity contribution in [2.75, 3.05) is 7.11 Å². The molecule has 0 atom stereocenters. The Kier molecular flexibility index (Phi) is 4.85. The molecule has 0 saturated heterocycles. The summed E-state index contributed by atoms with van der Waals surface area (Å²) in [6.07, 6.45) is 5.48. The van der Waals surface area contributed by atoms with Crippen molar-refractivity contribution in [1.29, 1.82) is 0 Å². The van der Waals surface area contributed by atoms with E-state index in [9.17, 15) is 4.79 Å². The van der Waals surface area contributed by atoms with Crippen molar-refractivity contribution in [1.82, 2.24) is 9.55 Å². The number of fused-ring (bicyclic) bond motifs is 1. The van der Waals surface area contributed by atoms with Crippen LogP contribution in [0.15, 0.2) is 29.3 Å². The van der Waals surface area contributed by atoms with Gasteiger partial charge in [0.1, 0.15) is 5.75 Å². The maximum Gasteiger partial charge on any atom is 0.261 e. The summed E-state index contributed by atoms with van der Waals surface area (Å²) in [5.74, 6) is 0.680. The number of benzene rings is 1. The minimum absolute atomic E-state index is 0. The Labute approximate surface area is 129 Å². The van der Waals surface area contributed by atoms with Gasteiger partial charge >= 0.3 is 0 Å². The van der Waals surface area contributed by atoms with Crippen molar-refractivity contribution in [2.24, 2.45) is 5.73 Å². The standard InChI is InChI=1S/C15H19N3O2.ClH/c1-20-12-6-7-14-13(8-12)15(19)18(9-17-14)11-4-2-10(16)3-5-11;/h6-11H,2-5,16H2,1H3;1H. The highest BCUT2D eigenvalue weighted by Gasteiger charge is 2.21. The highest BCUT2D eigenvalue weighted by Crippen LogP contribution is 2.27. The van der Waals surface area contributed by atoms with E-state index in [1.807, 2.05) is 12.1 Å². The first-order chi connectivity index (χ1) is 9.69. The topological polar surface area (TPSA) is 70.1 Å². The van der Waals surface area contributed by atoms with Gasteiger partial charge in [-0.05, 0) is 43.9 Å². The smallest absolute Gasteiger partial charge is 0.261 e. The number of aromatic nitrogens is 2. The van der Waals surface area contributed by atoms with Crippen LogP contribution in [-0.2, 0) is 0 Å². The Hall–Kier alpha value is -1.59. The zero-order chi connectivity index (χ0) is 14.1. The Bertz CT molecular complexity index is 678. The van der Waals surface area contributed by atoms with Crippen molar-refractivity contribution in [2.45, 2.75) is 37.8 Å². The molecule has 1 heterocycles. The molecule has 1 aromatic heterocycles. The highest BCUT2D eigenvalue weighted by atomic mass is 35.5. The lowest BCUT2D eigenvalue weighted by molar-refractivity contribution is 0.317. The van der Waals surface area contributed by atoms with Gasteiger partial charge in [-0.15, -0.1) is 12.4 Å². The molecule has 1 saturated carbocycles. The second kappa shape index (κ2) is 6.45. The van der Waals surface area contributed by atoms with E-state index >= 15 is 0 Å². The normalized spacial score (nSPS) is 21.8. The van der Waals surface area contributed by atoms with Crippen LogP contribution in [0.1, 0.15) is 31.7 Å². The Morgan fingerprint density at radius 2 is 2.00 bits per heavy atom. The number of hydrogen-bond donors (Lipinski definition) is 1. The van der Waals surface area contributed by atoms with Crippen LogP contribution in [0.25, 0.3) is 10.9 Å². The van der Waals surface area contributed by atoms with E-state index in [-0.39, 0.29) is 30.0 Å². The summed E-state index contributed by atoms with van der Waals surface area (Å²) in [7, 11) is 1.60. The van der Waals surface area contributed by atoms with E-state index in [2.05, 4.69) is 4.98 Å². The molecule has 6 heteroatoms. The van der Waals surface area contributed by atoms with Crippen LogP contribution in [0.2, 0.25) is 0 Å². The fourth-order valence-electron chi connectivity index (χ4n) is 2.88. The summed E-state index contributed by atoms with van der Waals surface area (Å²) >= 11 is 0. The van der Waals surface area contributed by atoms with Crippen LogP contribution in [-0.4, -0.2) is 22.7 Å². The summed E-state index contributed by atoms with van der Waals surface area (Å²) in [6.45, 7) is 0. The largest absolute Gasteiger partial charge is 0.497 e. The first-order valence-electron chi connectivity index (χ1n) is 6.99. The number of nitrogens with two attached hydrogens (primary N) is 1. The Morgan fingerprint density at radius 1 is 1.29 bits per heavy atom. The van der Waals surface area contributed by atoms with Gasteiger partial charge < -0.3 is 10.5 Å². The number of halogens is 1. The van der Waals surface area contributed by atoms with E-state index in [4.69, 9.17) is 10.5 Å². The molecule has 0 unspecified atom stereocenters. The van der Waals surface area contributed by atoms with E-state index < -0.39 is 0 Å². The molecular weight excluding hydrogens is 290 g/mol. The Morgan fingerprint density at radius 3 is 2.67 bits per heavy atom. The molecule has 3 rings (SSSR count). The number of ether oxygens (including phenoxy) is 1. The lowest BCUT2D eigenvalue weighted by Gasteiger charge is -2.27. The van der Waals surface area contributed by atoms with Gasteiger partial charge in [-0.1, -0.05) is 0 Å². The zero-order valence-corrected chi connectivity index (χ0v) is 12.8. The minimum atomic E-state index is 0. The van der Waals surface area contributed by atoms with Crippen LogP contribution in [0.5, 0.6) is 5.75 Å². The molecule has 21 heavy (non-hydrogen) atoms. The highest BCUT2D eigenvalue weighted by molar-refractivity contribution is 5.85. The predicted octanol–water partition coefficient (Wildman–Crippen LogP) is 2.27. The number of rotatable bonds is 2. The number of nitrogens with zero attached hydrogens (tertiary/aromatic N) is 2. The van der Waals surface area contributed by atoms with Gasteiger partial charge in [0, 0.05) is 12.1 Å². The van der Waals surface area contributed by atoms with Crippen molar-refractivity contribution in [3.05, 3.63) is 34.9 Å². The second-order valence-corrected chi connectivity index (χ2v) is 5.41. The lowest BCUT2D eigenvalue weighted by atomic mass is 9.91. The maximum atomic E-state index is 12.6. The van der Waals surface area contributed by atoms with Crippen LogP contribution in [0, 0.1) is 0 Å². The molecule has 5 nitrogen and oxygen atoms in total. The summed E-state index contributed by atoms with van der Waals surface area (Å²) in [4.78, 5) is 17.0. The fourth-order valence-corrected chi connectivity index (χ4v) is 2.88. The third kappa shape index (κ3) is 3.04. The second-order valence-electron chi connectivity index (χ2n) is 5.41. The van der Waals surface area contributed by atoms with Crippen LogP contribution < -0.4 is 16.0 Å². The summed E-state index contributed by atoms with van der Waals surface area (Å²) in [6, 6.07) is 5.88.